The topological polar surface area (TPSA) is 9.23 Å². The van der Waals surface area contributed by atoms with Gasteiger partial charge in [0.15, 0.2) is 0 Å². The molecule has 1 aromatic rings. The summed E-state index contributed by atoms with van der Waals surface area (Å²) in [6.45, 7) is 5.83. The molecule has 0 saturated carbocycles. The van der Waals surface area contributed by atoms with Gasteiger partial charge in [0.05, 0.1) is 0 Å². The van der Waals surface area contributed by atoms with Crippen LogP contribution in [0.5, 0.6) is 5.75 Å². The van der Waals surface area contributed by atoms with Gasteiger partial charge >= 0.3 is 10.5 Å². The second-order valence-electron chi connectivity index (χ2n) is 4.58. The van der Waals surface area contributed by atoms with E-state index in [9.17, 15) is 19.4 Å². The molecule has 0 radical (unpaired) electrons. The van der Waals surface area contributed by atoms with Crippen molar-refractivity contribution in [2.45, 2.75) is 26.7 Å². The third kappa shape index (κ3) is 5.12. The van der Waals surface area contributed by atoms with Crippen LogP contribution in [0.1, 0.15) is 32.3 Å². The highest BCUT2D eigenvalue weighted by Gasteiger charge is 2.67. The van der Waals surface area contributed by atoms with E-state index >= 15 is 0 Å². The van der Waals surface area contributed by atoms with Crippen LogP contribution in [0.4, 0.5) is 19.4 Å². The molecule has 0 heterocycles. The molecule has 0 saturated heterocycles. The Hall–Kier alpha value is -0.980. The van der Waals surface area contributed by atoms with Crippen LogP contribution in [0, 0.1) is 5.92 Å². The van der Waals surface area contributed by atoms with Gasteiger partial charge in [-0.2, -0.15) is 0 Å². The highest BCUT2D eigenvalue weighted by atomic mass is 32.5. The standard InChI is InChI=1S/C11H15F5OS/c1-8(2)9(3)10-4-6-11(7-5-10)17-18(12,13,14,15)16/h4-9H,1-3H3. The molecular formula is C11H15F5OS. The van der Waals surface area contributed by atoms with E-state index in [4.69, 9.17) is 0 Å². The largest absolute Gasteiger partial charge is 0.435 e. The van der Waals surface area contributed by atoms with Crippen molar-refractivity contribution in [3.05, 3.63) is 29.8 Å². The average Bonchev–Trinajstić information content (AvgIpc) is 2.13. The SMILES string of the molecule is CC(C)C(C)c1ccc(OS(F)(F)(F)(F)F)cc1. The molecule has 0 bridgehead atoms. The summed E-state index contributed by atoms with van der Waals surface area (Å²) in [5.41, 5.74) is 0.777. The first-order valence-corrected chi connectivity index (χ1v) is 7.19. The molecule has 0 N–H and O–H groups in total. The molecule has 0 aromatic heterocycles. The maximum Gasteiger partial charge on any atom is 0.435 e. The van der Waals surface area contributed by atoms with Crippen molar-refractivity contribution in [3.63, 3.8) is 0 Å². The molecule has 1 unspecified atom stereocenters. The third-order valence-corrected chi connectivity index (χ3v) is 3.17. The Labute approximate surface area is 103 Å². The second kappa shape index (κ2) is 3.76. The number of halogens is 5. The van der Waals surface area contributed by atoms with Crippen molar-refractivity contribution in [1.29, 1.82) is 0 Å². The molecule has 0 spiro atoms. The first kappa shape index (κ1) is 15.1. The van der Waals surface area contributed by atoms with E-state index < -0.39 is 16.3 Å². The summed E-state index contributed by atoms with van der Waals surface area (Å²) in [6, 6.07) is 4.55. The Morgan fingerprint density at radius 1 is 0.889 bits per heavy atom. The highest BCUT2D eigenvalue weighted by molar-refractivity contribution is 8.42. The molecule has 1 aromatic carbocycles. The lowest BCUT2D eigenvalue weighted by molar-refractivity contribution is 0.243. The zero-order valence-electron chi connectivity index (χ0n) is 10.2. The van der Waals surface area contributed by atoms with Crippen molar-refractivity contribution in [1.82, 2.24) is 0 Å². The van der Waals surface area contributed by atoms with Gasteiger partial charge < -0.3 is 4.18 Å². The van der Waals surface area contributed by atoms with Crippen LogP contribution in [-0.2, 0) is 0 Å². The predicted octanol–water partition coefficient (Wildman–Crippen LogP) is 6.04. The Bertz CT molecular complexity index is 422. The Kier molecular flexibility index (Phi) is 3.15. The van der Waals surface area contributed by atoms with Crippen LogP contribution in [-0.4, -0.2) is 0 Å². The number of hydrogen-bond donors (Lipinski definition) is 0. The fraction of sp³-hybridized carbons (Fsp3) is 0.455. The van der Waals surface area contributed by atoms with Gasteiger partial charge in [-0.05, 0) is 29.5 Å². The van der Waals surface area contributed by atoms with Gasteiger partial charge in [0.2, 0.25) is 0 Å². The van der Waals surface area contributed by atoms with Gasteiger partial charge in [0, 0.05) is 0 Å². The minimum absolute atomic E-state index is 0.124. The van der Waals surface area contributed by atoms with Gasteiger partial charge in [0.1, 0.15) is 5.75 Å². The average molecular weight is 290 g/mol. The summed E-state index contributed by atoms with van der Waals surface area (Å²) in [5.74, 6) is -0.472. The van der Waals surface area contributed by atoms with Crippen LogP contribution < -0.4 is 4.18 Å². The fourth-order valence-corrected chi connectivity index (χ4v) is 1.87. The summed E-state index contributed by atoms with van der Waals surface area (Å²) in [7, 11) is -9.86. The fourth-order valence-electron chi connectivity index (χ4n) is 1.39. The first-order chi connectivity index (χ1) is 7.77. The molecule has 1 rings (SSSR count). The van der Waals surface area contributed by atoms with Crippen LogP contribution in [0.15, 0.2) is 24.3 Å². The summed E-state index contributed by atoms with van der Waals surface area (Å²) in [4.78, 5) is 0. The maximum absolute atomic E-state index is 12.1. The quantitative estimate of drug-likeness (QED) is 0.614. The molecule has 106 valence electrons. The van der Waals surface area contributed by atoms with Gasteiger partial charge in [-0.15, -0.1) is 0 Å². The van der Waals surface area contributed by atoms with E-state index in [-0.39, 0.29) is 5.92 Å². The highest BCUT2D eigenvalue weighted by Crippen LogP contribution is 2.97. The van der Waals surface area contributed by atoms with Crippen LogP contribution in [0.25, 0.3) is 0 Å². The normalized spacial score (nSPS) is 18.1. The number of rotatable bonds is 4. The summed E-state index contributed by atoms with van der Waals surface area (Å²) >= 11 is 0. The molecule has 0 aliphatic rings. The maximum atomic E-state index is 12.1. The first-order valence-electron chi connectivity index (χ1n) is 5.32. The van der Waals surface area contributed by atoms with Gasteiger partial charge in [-0.3, -0.25) is 0 Å². The molecule has 7 heteroatoms. The second-order valence-corrected chi connectivity index (χ2v) is 6.55. The van der Waals surface area contributed by atoms with Crippen molar-refractivity contribution < 1.29 is 23.6 Å². The van der Waals surface area contributed by atoms with E-state index in [0.29, 0.717) is 5.92 Å². The Morgan fingerprint density at radius 2 is 1.33 bits per heavy atom. The number of hydrogen-bond acceptors (Lipinski definition) is 1. The minimum atomic E-state index is -9.86. The van der Waals surface area contributed by atoms with Crippen LogP contribution in [0.2, 0.25) is 0 Å². The molecule has 18 heavy (non-hydrogen) atoms. The van der Waals surface area contributed by atoms with E-state index in [1.807, 2.05) is 20.8 Å². The summed E-state index contributed by atoms with van der Waals surface area (Å²) in [6.07, 6.45) is 0. The predicted molar refractivity (Wildman–Crippen MR) is 63.5 cm³/mol. The molecular weight excluding hydrogens is 275 g/mol. The Morgan fingerprint density at radius 3 is 1.67 bits per heavy atom. The van der Waals surface area contributed by atoms with E-state index in [0.717, 1.165) is 17.7 Å². The smallest absolute Gasteiger partial charge is 0.355 e. The van der Waals surface area contributed by atoms with Gasteiger partial charge in [0.25, 0.3) is 0 Å². The zero-order chi connectivity index (χ0) is 14.3. The van der Waals surface area contributed by atoms with Crippen molar-refractivity contribution in [2.24, 2.45) is 5.92 Å². The van der Waals surface area contributed by atoms with Crippen LogP contribution in [0.3, 0.4) is 0 Å². The lowest BCUT2D eigenvalue weighted by Crippen LogP contribution is -2.14. The lowest BCUT2D eigenvalue weighted by atomic mass is 9.90. The lowest BCUT2D eigenvalue weighted by Gasteiger charge is -2.39. The van der Waals surface area contributed by atoms with E-state index in [2.05, 4.69) is 4.18 Å². The van der Waals surface area contributed by atoms with Gasteiger partial charge in [-0.25, -0.2) is 0 Å². The molecule has 0 aliphatic heterocycles. The molecule has 0 fully saturated rings. The third-order valence-electron chi connectivity index (χ3n) is 2.66. The molecule has 1 nitrogen and oxygen atoms in total. The van der Waals surface area contributed by atoms with Gasteiger partial charge in [-0.1, -0.05) is 52.3 Å². The molecule has 1 atom stereocenters. The van der Waals surface area contributed by atoms with Crippen LogP contribution >= 0.6 is 10.5 Å². The minimum Gasteiger partial charge on any atom is -0.355 e. The molecule has 0 aliphatic carbocycles. The summed E-state index contributed by atoms with van der Waals surface area (Å²) < 4.78 is 63.3. The number of benzene rings is 1. The monoisotopic (exact) mass is 290 g/mol. The van der Waals surface area contributed by atoms with Crippen molar-refractivity contribution in [2.75, 3.05) is 0 Å². The van der Waals surface area contributed by atoms with E-state index in [1.54, 1.807) is 0 Å². The molecule has 0 amide bonds. The van der Waals surface area contributed by atoms with Crippen molar-refractivity contribution in [3.8, 4) is 5.75 Å². The summed E-state index contributed by atoms with van der Waals surface area (Å²) in [5, 5.41) is 0. The van der Waals surface area contributed by atoms with Crippen molar-refractivity contribution >= 4 is 10.5 Å². The van der Waals surface area contributed by atoms with E-state index in [1.165, 1.54) is 12.1 Å². The Balaban J connectivity index is 2.92. The zero-order valence-corrected chi connectivity index (χ0v) is 11.0.